The van der Waals surface area contributed by atoms with Crippen molar-refractivity contribution in [2.24, 2.45) is 0 Å². The van der Waals surface area contributed by atoms with E-state index in [4.69, 9.17) is 5.26 Å². The molecule has 0 saturated heterocycles. The number of nitrogens with zero attached hydrogens (tertiary/aromatic N) is 3. The van der Waals surface area contributed by atoms with Crippen molar-refractivity contribution in [2.45, 2.75) is 36.7 Å². The predicted octanol–water partition coefficient (Wildman–Crippen LogP) is 2.90. The minimum absolute atomic E-state index is 0.0299. The van der Waals surface area contributed by atoms with Gasteiger partial charge >= 0.3 is 5.69 Å². The van der Waals surface area contributed by atoms with E-state index in [1.54, 1.807) is 4.57 Å². The van der Waals surface area contributed by atoms with E-state index in [1.165, 1.54) is 11.8 Å². The van der Waals surface area contributed by atoms with E-state index in [9.17, 15) is 4.79 Å². The van der Waals surface area contributed by atoms with Gasteiger partial charge in [-0.15, -0.1) is 5.10 Å². The summed E-state index contributed by atoms with van der Waals surface area (Å²) >= 11 is 1.44. The molecule has 1 aromatic heterocycles. The molecule has 0 aliphatic carbocycles. The number of nitriles is 1. The molecule has 2 aromatic rings. The van der Waals surface area contributed by atoms with Gasteiger partial charge in [-0.05, 0) is 19.4 Å². The van der Waals surface area contributed by atoms with Crippen LogP contribution in [-0.4, -0.2) is 14.8 Å². The zero-order valence-electron chi connectivity index (χ0n) is 11.4. The maximum atomic E-state index is 11.7. The van der Waals surface area contributed by atoms with E-state index in [1.807, 2.05) is 44.2 Å². The molecule has 6 heteroatoms. The van der Waals surface area contributed by atoms with Gasteiger partial charge in [0, 0.05) is 6.04 Å². The van der Waals surface area contributed by atoms with Crippen LogP contribution in [0.15, 0.2) is 40.3 Å². The lowest BCUT2D eigenvalue weighted by molar-refractivity contribution is 0.533. The van der Waals surface area contributed by atoms with Crippen molar-refractivity contribution >= 4 is 11.8 Å². The largest absolute Gasteiger partial charge is 0.344 e. The summed E-state index contributed by atoms with van der Waals surface area (Å²) in [4.78, 5) is 11.7. The molecule has 0 fully saturated rings. The molecule has 20 heavy (non-hydrogen) atoms. The Kier molecular flexibility index (Phi) is 4.64. The Hall–Kier alpha value is -2.00. The van der Waals surface area contributed by atoms with Gasteiger partial charge in [-0.3, -0.25) is 4.57 Å². The molecular formula is C14H16N4OS. The van der Waals surface area contributed by atoms with Crippen LogP contribution in [0.4, 0.5) is 0 Å². The standard InChI is InChI=1S/C14H16N4OS/c1-10(2)18-13(19)16-17-14(18)20-12(8-9-15)11-6-4-3-5-7-11/h3-7,10,12H,8H2,1-2H3,(H,16,19). The Bertz CT molecular complexity index is 654. The topological polar surface area (TPSA) is 74.5 Å². The van der Waals surface area contributed by atoms with E-state index in [0.29, 0.717) is 11.6 Å². The van der Waals surface area contributed by atoms with E-state index < -0.39 is 0 Å². The van der Waals surface area contributed by atoms with Crippen molar-refractivity contribution in [3.63, 3.8) is 0 Å². The number of H-pyrrole nitrogens is 1. The Balaban J connectivity index is 2.30. The zero-order chi connectivity index (χ0) is 14.5. The average Bonchev–Trinajstić information content (AvgIpc) is 2.80. The fraction of sp³-hybridized carbons (Fsp3) is 0.357. The fourth-order valence-corrected chi connectivity index (χ4v) is 3.15. The fourth-order valence-electron chi connectivity index (χ4n) is 1.93. The summed E-state index contributed by atoms with van der Waals surface area (Å²) in [6.07, 6.45) is 0.369. The van der Waals surface area contributed by atoms with Gasteiger partial charge in [0.15, 0.2) is 5.16 Å². The van der Waals surface area contributed by atoms with Crippen LogP contribution in [0.5, 0.6) is 0 Å². The van der Waals surface area contributed by atoms with Crippen LogP contribution in [0.25, 0.3) is 0 Å². The minimum atomic E-state index is -0.216. The smallest absolute Gasteiger partial charge is 0.268 e. The summed E-state index contributed by atoms with van der Waals surface area (Å²) in [6, 6.07) is 12.0. The molecule has 0 saturated carbocycles. The van der Waals surface area contributed by atoms with Crippen molar-refractivity contribution in [1.29, 1.82) is 5.26 Å². The molecule has 1 N–H and O–H groups in total. The molecule has 5 nitrogen and oxygen atoms in total. The first-order valence-electron chi connectivity index (χ1n) is 6.39. The van der Waals surface area contributed by atoms with Gasteiger partial charge in [0.25, 0.3) is 0 Å². The van der Waals surface area contributed by atoms with Crippen molar-refractivity contribution in [3.05, 3.63) is 46.4 Å². The van der Waals surface area contributed by atoms with Gasteiger partial charge in [0.1, 0.15) is 0 Å². The molecule has 0 bridgehead atoms. The highest BCUT2D eigenvalue weighted by Gasteiger charge is 2.19. The molecule has 1 atom stereocenters. The van der Waals surface area contributed by atoms with Crippen LogP contribution in [0.1, 0.15) is 37.1 Å². The van der Waals surface area contributed by atoms with Crippen molar-refractivity contribution in [1.82, 2.24) is 14.8 Å². The van der Waals surface area contributed by atoms with Crippen LogP contribution >= 0.6 is 11.8 Å². The average molecular weight is 288 g/mol. The summed E-state index contributed by atoms with van der Waals surface area (Å²) in [7, 11) is 0. The number of aromatic nitrogens is 3. The van der Waals surface area contributed by atoms with Gasteiger partial charge in [-0.1, -0.05) is 42.1 Å². The Morgan fingerprint density at radius 3 is 2.70 bits per heavy atom. The van der Waals surface area contributed by atoms with Gasteiger partial charge < -0.3 is 0 Å². The molecule has 0 aliphatic rings. The van der Waals surface area contributed by atoms with Crippen LogP contribution in [0.3, 0.4) is 0 Å². The Morgan fingerprint density at radius 1 is 1.40 bits per heavy atom. The van der Waals surface area contributed by atoms with E-state index in [0.717, 1.165) is 5.56 Å². The Morgan fingerprint density at radius 2 is 2.10 bits per heavy atom. The van der Waals surface area contributed by atoms with Gasteiger partial charge in [0.05, 0.1) is 17.7 Å². The molecule has 2 rings (SSSR count). The van der Waals surface area contributed by atoms with Crippen molar-refractivity contribution < 1.29 is 0 Å². The lowest BCUT2D eigenvalue weighted by atomic mass is 10.1. The van der Waals surface area contributed by atoms with Gasteiger partial charge in [0.2, 0.25) is 0 Å². The normalized spacial score (nSPS) is 12.3. The summed E-state index contributed by atoms with van der Waals surface area (Å²) in [5, 5.41) is 16.1. The molecule has 0 radical (unpaired) electrons. The number of hydrogen-bond donors (Lipinski definition) is 1. The number of rotatable bonds is 5. The lowest BCUT2D eigenvalue weighted by Crippen LogP contribution is -2.19. The maximum Gasteiger partial charge on any atom is 0.344 e. The third-order valence-electron chi connectivity index (χ3n) is 2.88. The van der Waals surface area contributed by atoms with E-state index >= 15 is 0 Å². The molecule has 1 unspecified atom stereocenters. The highest BCUT2D eigenvalue weighted by atomic mass is 32.2. The molecule has 0 amide bonds. The molecular weight excluding hydrogens is 272 g/mol. The lowest BCUT2D eigenvalue weighted by Gasteiger charge is -2.15. The van der Waals surface area contributed by atoms with Crippen LogP contribution in [0.2, 0.25) is 0 Å². The zero-order valence-corrected chi connectivity index (χ0v) is 12.2. The van der Waals surface area contributed by atoms with E-state index in [-0.39, 0.29) is 17.0 Å². The monoisotopic (exact) mass is 288 g/mol. The van der Waals surface area contributed by atoms with E-state index in [2.05, 4.69) is 16.3 Å². The van der Waals surface area contributed by atoms with Crippen molar-refractivity contribution in [3.8, 4) is 6.07 Å². The molecule has 0 aliphatic heterocycles. The molecule has 1 aromatic carbocycles. The maximum absolute atomic E-state index is 11.7. The summed E-state index contributed by atoms with van der Waals surface area (Å²) in [5.74, 6) is 0. The first kappa shape index (κ1) is 14.4. The highest BCUT2D eigenvalue weighted by Crippen LogP contribution is 2.36. The summed E-state index contributed by atoms with van der Waals surface area (Å²) < 4.78 is 1.61. The van der Waals surface area contributed by atoms with Gasteiger partial charge in [-0.25, -0.2) is 9.89 Å². The number of benzene rings is 1. The predicted molar refractivity (Wildman–Crippen MR) is 78.5 cm³/mol. The summed E-state index contributed by atoms with van der Waals surface area (Å²) in [6.45, 7) is 3.87. The molecule has 1 heterocycles. The number of nitrogens with one attached hydrogen (secondary N) is 1. The second-order valence-electron chi connectivity index (χ2n) is 4.65. The third kappa shape index (κ3) is 3.11. The number of aromatic amines is 1. The van der Waals surface area contributed by atoms with Crippen LogP contribution in [0, 0.1) is 11.3 Å². The summed E-state index contributed by atoms with van der Waals surface area (Å²) in [5.41, 5.74) is 0.844. The second kappa shape index (κ2) is 6.44. The first-order chi connectivity index (χ1) is 9.63. The van der Waals surface area contributed by atoms with Crippen molar-refractivity contribution in [2.75, 3.05) is 0 Å². The molecule has 104 valence electrons. The second-order valence-corrected chi connectivity index (χ2v) is 5.82. The highest BCUT2D eigenvalue weighted by molar-refractivity contribution is 7.99. The number of thioether (sulfide) groups is 1. The SMILES string of the molecule is CC(C)n1c(SC(CC#N)c2ccccc2)n[nH]c1=O. The first-order valence-corrected chi connectivity index (χ1v) is 7.27. The Labute approximate surface area is 121 Å². The minimum Gasteiger partial charge on any atom is -0.268 e. The number of hydrogen-bond acceptors (Lipinski definition) is 4. The van der Waals surface area contributed by atoms with Crippen LogP contribution < -0.4 is 5.69 Å². The molecule has 0 spiro atoms. The van der Waals surface area contributed by atoms with Crippen LogP contribution in [-0.2, 0) is 0 Å². The van der Waals surface area contributed by atoms with Gasteiger partial charge in [-0.2, -0.15) is 5.26 Å². The quantitative estimate of drug-likeness (QED) is 0.858. The third-order valence-corrected chi connectivity index (χ3v) is 4.11.